The van der Waals surface area contributed by atoms with Crippen LogP contribution < -0.4 is 4.90 Å². The Bertz CT molecular complexity index is 1190. The number of carbonyl (C=O) groups excluding carboxylic acids is 1. The van der Waals surface area contributed by atoms with Crippen molar-refractivity contribution in [2.24, 2.45) is 4.99 Å². The fraction of sp³-hybridized carbons (Fsp3) is 0.333. The van der Waals surface area contributed by atoms with Crippen LogP contribution in [0.5, 0.6) is 0 Å². The van der Waals surface area contributed by atoms with Gasteiger partial charge in [0.25, 0.3) is 0 Å². The van der Waals surface area contributed by atoms with E-state index >= 15 is 0 Å². The minimum absolute atomic E-state index is 0.199. The fourth-order valence-corrected chi connectivity index (χ4v) is 5.16. The Balaban J connectivity index is 1.44. The molecular weight excluding hydrogens is 434 g/mol. The van der Waals surface area contributed by atoms with E-state index in [-0.39, 0.29) is 18.2 Å². The molecule has 5 nitrogen and oxygen atoms in total. The van der Waals surface area contributed by atoms with Crippen LogP contribution >= 0.6 is 0 Å². The summed E-state index contributed by atoms with van der Waals surface area (Å²) < 4.78 is 5.65. The van der Waals surface area contributed by atoms with Gasteiger partial charge >= 0.3 is 6.09 Å². The minimum Gasteiger partial charge on any atom is -0.444 e. The first-order valence-corrected chi connectivity index (χ1v) is 12.4. The van der Waals surface area contributed by atoms with E-state index in [0.29, 0.717) is 13.1 Å². The van der Waals surface area contributed by atoms with Gasteiger partial charge in [-0.3, -0.25) is 0 Å². The van der Waals surface area contributed by atoms with Crippen LogP contribution in [0.1, 0.15) is 44.4 Å². The molecular formula is C30H33N3O2. The number of rotatable bonds is 3. The summed E-state index contributed by atoms with van der Waals surface area (Å²) in [7, 11) is 0. The van der Waals surface area contributed by atoms with Gasteiger partial charge in [-0.1, -0.05) is 66.7 Å². The number of benzene rings is 3. The predicted molar refractivity (Wildman–Crippen MR) is 142 cm³/mol. The van der Waals surface area contributed by atoms with Crippen molar-refractivity contribution in [1.29, 1.82) is 0 Å². The number of nitrogens with zero attached hydrogens (tertiary/aromatic N) is 3. The lowest BCUT2D eigenvalue weighted by molar-refractivity contribution is 0.0192. The third kappa shape index (κ3) is 4.95. The van der Waals surface area contributed by atoms with Crippen LogP contribution in [0.2, 0.25) is 0 Å². The molecule has 0 bridgehead atoms. The van der Waals surface area contributed by atoms with Crippen molar-refractivity contribution >= 4 is 23.2 Å². The first-order chi connectivity index (χ1) is 16.8. The third-order valence-corrected chi connectivity index (χ3v) is 6.57. The summed E-state index contributed by atoms with van der Waals surface area (Å²) in [5, 5.41) is 0. The highest BCUT2D eigenvalue weighted by Gasteiger charge is 2.40. The van der Waals surface area contributed by atoms with E-state index in [0.717, 1.165) is 28.9 Å². The molecule has 1 fully saturated rings. The number of piperazine rings is 1. The molecule has 2 heterocycles. The van der Waals surface area contributed by atoms with Crippen molar-refractivity contribution < 1.29 is 9.53 Å². The Hall–Kier alpha value is -3.60. The molecule has 1 amide bonds. The Kier molecular flexibility index (Phi) is 6.10. The average Bonchev–Trinajstić information content (AvgIpc) is 3.21. The van der Waals surface area contributed by atoms with Crippen LogP contribution in [0.4, 0.5) is 16.2 Å². The smallest absolute Gasteiger partial charge is 0.410 e. The van der Waals surface area contributed by atoms with Crippen molar-refractivity contribution in [2.75, 3.05) is 18.0 Å². The van der Waals surface area contributed by atoms with Crippen molar-refractivity contribution in [3.63, 3.8) is 0 Å². The number of aliphatic imine (C=N–C) groups is 1. The van der Waals surface area contributed by atoms with Crippen molar-refractivity contribution in [3.8, 4) is 0 Å². The third-order valence-electron chi connectivity index (χ3n) is 6.57. The molecule has 35 heavy (non-hydrogen) atoms. The Morgan fingerprint density at radius 1 is 0.914 bits per heavy atom. The molecule has 0 spiro atoms. The molecule has 180 valence electrons. The number of hydrogen-bond acceptors (Lipinski definition) is 4. The van der Waals surface area contributed by atoms with Gasteiger partial charge in [-0.2, -0.15) is 0 Å². The number of ether oxygens (including phenoxy) is 1. The summed E-state index contributed by atoms with van der Waals surface area (Å²) in [5.74, 6) is 0. The number of amides is 1. The van der Waals surface area contributed by atoms with E-state index in [1.54, 1.807) is 0 Å². The normalized spacial score (nSPS) is 19.1. The highest BCUT2D eigenvalue weighted by molar-refractivity contribution is 6.14. The van der Waals surface area contributed by atoms with Gasteiger partial charge in [0.15, 0.2) is 0 Å². The van der Waals surface area contributed by atoms with Gasteiger partial charge in [0.2, 0.25) is 0 Å². The molecule has 1 saturated heterocycles. The zero-order chi connectivity index (χ0) is 24.6. The Morgan fingerprint density at radius 3 is 2.14 bits per heavy atom. The maximum atomic E-state index is 12.7. The van der Waals surface area contributed by atoms with Crippen LogP contribution in [-0.2, 0) is 11.2 Å². The number of fused-ring (bicyclic) bond motifs is 3. The lowest BCUT2D eigenvalue weighted by Gasteiger charge is -2.43. The number of hydrogen-bond donors (Lipinski definition) is 0. The van der Waals surface area contributed by atoms with E-state index in [1.807, 2.05) is 62.1 Å². The highest BCUT2D eigenvalue weighted by Crippen LogP contribution is 2.39. The van der Waals surface area contributed by atoms with Gasteiger partial charge in [0.05, 0.1) is 17.4 Å². The monoisotopic (exact) mass is 467 g/mol. The van der Waals surface area contributed by atoms with Gasteiger partial charge in [-0.25, -0.2) is 9.79 Å². The molecule has 3 aromatic carbocycles. The van der Waals surface area contributed by atoms with E-state index < -0.39 is 5.60 Å². The van der Waals surface area contributed by atoms with E-state index in [9.17, 15) is 4.79 Å². The molecule has 5 rings (SSSR count). The van der Waals surface area contributed by atoms with E-state index in [2.05, 4.69) is 54.3 Å². The van der Waals surface area contributed by atoms with Gasteiger partial charge in [0.1, 0.15) is 5.60 Å². The zero-order valence-electron chi connectivity index (χ0n) is 20.9. The topological polar surface area (TPSA) is 45.1 Å². The molecule has 0 aliphatic carbocycles. The van der Waals surface area contributed by atoms with Crippen molar-refractivity contribution in [1.82, 2.24) is 4.90 Å². The summed E-state index contributed by atoms with van der Waals surface area (Å²) in [5.41, 5.74) is 6.14. The van der Waals surface area contributed by atoms with Gasteiger partial charge < -0.3 is 14.5 Å². The summed E-state index contributed by atoms with van der Waals surface area (Å²) in [6, 6.07) is 27.6. The van der Waals surface area contributed by atoms with Crippen LogP contribution in [0.25, 0.3) is 0 Å². The molecule has 3 aromatic rings. The molecule has 0 saturated carbocycles. The minimum atomic E-state index is -0.488. The SMILES string of the molecule is C[C@@H]1CN(C(=O)OC(C)(C)C)C[C@H]2Cc3ccc(N=C(c4ccccc4)c4ccccc4)cc3N21. The first kappa shape index (κ1) is 23.2. The van der Waals surface area contributed by atoms with Gasteiger partial charge in [-0.15, -0.1) is 0 Å². The lowest BCUT2D eigenvalue weighted by atomic mass is 10.0. The van der Waals surface area contributed by atoms with Gasteiger partial charge in [0, 0.05) is 35.9 Å². The quantitative estimate of drug-likeness (QED) is 0.429. The Labute approximate surface area is 208 Å². The second-order valence-corrected chi connectivity index (χ2v) is 10.5. The molecule has 2 atom stereocenters. The predicted octanol–water partition coefficient (Wildman–Crippen LogP) is 6.23. The van der Waals surface area contributed by atoms with Crippen LogP contribution in [0.15, 0.2) is 83.9 Å². The maximum Gasteiger partial charge on any atom is 0.410 e. The van der Waals surface area contributed by atoms with E-state index in [1.165, 1.54) is 11.3 Å². The largest absolute Gasteiger partial charge is 0.444 e. The molecule has 2 aliphatic rings. The summed E-state index contributed by atoms with van der Waals surface area (Å²) in [6.45, 7) is 9.25. The second kappa shape index (κ2) is 9.21. The molecule has 0 N–H and O–H groups in total. The molecule has 0 unspecified atom stereocenters. The fourth-order valence-electron chi connectivity index (χ4n) is 5.16. The van der Waals surface area contributed by atoms with Crippen LogP contribution in [-0.4, -0.2) is 47.5 Å². The van der Waals surface area contributed by atoms with Crippen molar-refractivity contribution in [2.45, 2.75) is 51.8 Å². The summed E-state index contributed by atoms with van der Waals surface area (Å²) >= 11 is 0. The average molecular weight is 468 g/mol. The van der Waals surface area contributed by atoms with E-state index in [4.69, 9.17) is 9.73 Å². The van der Waals surface area contributed by atoms with Gasteiger partial charge in [-0.05, 0) is 51.8 Å². The lowest BCUT2D eigenvalue weighted by Crippen LogP contribution is -2.58. The van der Waals surface area contributed by atoms with Crippen LogP contribution in [0.3, 0.4) is 0 Å². The van der Waals surface area contributed by atoms with Crippen molar-refractivity contribution in [3.05, 3.63) is 95.6 Å². The second-order valence-electron chi connectivity index (χ2n) is 10.5. The van der Waals surface area contributed by atoms with Crippen LogP contribution in [0, 0.1) is 0 Å². The number of anilines is 1. The maximum absolute atomic E-state index is 12.7. The summed E-state index contributed by atoms with van der Waals surface area (Å²) in [6.07, 6.45) is 0.702. The zero-order valence-corrected chi connectivity index (χ0v) is 20.9. The first-order valence-electron chi connectivity index (χ1n) is 12.4. The number of carbonyl (C=O) groups is 1. The molecule has 0 aromatic heterocycles. The standard InChI is InChI=1S/C30H33N3O2/c1-21-19-32(29(34)35-30(2,3)4)20-26-17-24-15-16-25(18-27(24)33(21)26)31-28(22-11-7-5-8-12-22)23-13-9-6-10-14-23/h5-16,18,21,26H,17,19-20H2,1-4H3/t21-,26-/m1/s1. The highest BCUT2D eigenvalue weighted by atomic mass is 16.6. The molecule has 2 aliphatic heterocycles. The Morgan fingerprint density at radius 2 is 1.54 bits per heavy atom. The molecule has 0 radical (unpaired) electrons. The summed E-state index contributed by atoms with van der Waals surface area (Å²) in [4.78, 5) is 22.2. The molecule has 5 heteroatoms.